The summed E-state index contributed by atoms with van der Waals surface area (Å²) in [6.45, 7) is 0.457. The van der Waals surface area contributed by atoms with E-state index < -0.39 is 78.8 Å². The standard InChI is InChI=1S/C17H26N4O12S2/c1-12(32-34(3,28)29)10-19(14-6-5-13(20(24)25)9-15(14)21(26)27)11-17(2,33-35(4,30)31)16(23)18-7-8-22/h5-6,9,12,22H,7-8,10-11H2,1-4H3,(H,18,23). The number of anilines is 1. The predicted molar refractivity (Wildman–Crippen MR) is 122 cm³/mol. The van der Waals surface area contributed by atoms with Crippen molar-refractivity contribution in [1.29, 1.82) is 0 Å². The third-order valence-electron chi connectivity index (χ3n) is 4.23. The first-order valence-corrected chi connectivity index (χ1v) is 13.4. The van der Waals surface area contributed by atoms with Crippen LogP contribution in [0.1, 0.15) is 13.8 Å². The Hall–Kier alpha value is -2.93. The zero-order valence-corrected chi connectivity index (χ0v) is 20.9. The van der Waals surface area contributed by atoms with Crippen molar-refractivity contribution in [3.8, 4) is 0 Å². The molecule has 1 rings (SSSR count). The summed E-state index contributed by atoms with van der Waals surface area (Å²) in [5.41, 5.74) is -3.92. The number of amides is 1. The molecule has 2 unspecified atom stereocenters. The van der Waals surface area contributed by atoms with E-state index in [2.05, 4.69) is 5.32 Å². The Labute approximate surface area is 201 Å². The van der Waals surface area contributed by atoms with Crippen molar-refractivity contribution in [2.24, 2.45) is 0 Å². The molecule has 0 heterocycles. The first kappa shape index (κ1) is 30.1. The summed E-state index contributed by atoms with van der Waals surface area (Å²) in [4.78, 5) is 34.8. The summed E-state index contributed by atoms with van der Waals surface area (Å²) in [7, 11) is -8.26. The average molecular weight is 543 g/mol. The maximum absolute atomic E-state index is 12.8. The van der Waals surface area contributed by atoms with Gasteiger partial charge in [-0.25, -0.2) is 0 Å². The Bertz CT molecular complexity index is 1170. The summed E-state index contributed by atoms with van der Waals surface area (Å²) in [5, 5.41) is 34.0. The number of carbonyl (C=O) groups excluding carboxylic acids is 1. The van der Waals surface area contributed by atoms with Crippen molar-refractivity contribution in [1.82, 2.24) is 5.32 Å². The molecule has 0 aliphatic heterocycles. The smallest absolute Gasteiger partial charge is 0.299 e. The first-order valence-electron chi connectivity index (χ1n) is 9.74. The van der Waals surface area contributed by atoms with Gasteiger partial charge in [0, 0.05) is 19.2 Å². The molecule has 0 spiro atoms. The Morgan fingerprint density at radius 3 is 2.23 bits per heavy atom. The van der Waals surface area contributed by atoms with Gasteiger partial charge in [-0.15, -0.1) is 0 Å². The van der Waals surface area contributed by atoms with Crippen LogP contribution < -0.4 is 10.2 Å². The molecule has 2 N–H and O–H groups in total. The second-order valence-electron chi connectivity index (χ2n) is 7.68. The van der Waals surface area contributed by atoms with E-state index in [0.717, 1.165) is 30.2 Å². The second-order valence-corrected chi connectivity index (χ2v) is 10.9. The maximum atomic E-state index is 12.8. The summed E-state index contributed by atoms with van der Waals surface area (Å²) >= 11 is 0. The van der Waals surface area contributed by atoms with Crippen molar-refractivity contribution in [3.63, 3.8) is 0 Å². The lowest BCUT2D eigenvalue weighted by Gasteiger charge is -2.35. The Morgan fingerprint density at radius 2 is 1.77 bits per heavy atom. The molecule has 0 bridgehead atoms. The molecule has 0 aromatic heterocycles. The molecular formula is C17H26N4O12S2. The largest absolute Gasteiger partial charge is 0.395 e. The molecule has 2 atom stereocenters. The number of aliphatic hydroxyl groups is 1. The van der Waals surface area contributed by atoms with Crippen LogP contribution in [0, 0.1) is 20.2 Å². The van der Waals surface area contributed by atoms with Crippen LogP contribution in [0.3, 0.4) is 0 Å². The van der Waals surface area contributed by atoms with Crippen molar-refractivity contribution < 1.29 is 44.9 Å². The zero-order valence-electron chi connectivity index (χ0n) is 19.2. The second kappa shape index (κ2) is 11.7. The molecule has 0 fully saturated rings. The van der Waals surface area contributed by atoms with Crippen LogP contribution in [0.25, 0.3) is 0 Å². The quantitative estimate of drug-likeness (QED) is 0.172. The van der Waals surface area contributed by atoms with Crippen molar-refractivity contribution in [2.75, 3.05) is 43.7 Å². The molecule has 1 aromatic rings. The minimum absolute atomic E-state index is 0.271. The molecule has 0 saturated heterocycles. The Balaban J connectivity index is 3.66. The number of carbonyl (C=O) groups is 1. The number of rotatable bonds is 14. The Morgan fingerprint density at radius 1 is 1.17 bits per heavy atom. The van der Waals surface area contributed by atoms with Crippen LogP contribution in [-0.4, -0.2) is 88.2 Å². The van der Waals surface area contributed by atoms with Crippen molar-refractivity contribution in [2.45, 2.75) is 25.6 Å². The van der Waals surface area contributed by atoms with Crippen LogP contribution in [-0.2, 0) is 33.4 Å². The summed E-state index contributed by atoms with van der Waals surface area (Å²) in [6.07, 6.45) is 0.266. The van der Waals surface area contributed by atoms with Gasteiger partial charge in [0.15, 0.2) is 5.60 Å². The van der Waals surface area contributed by atoms with Gasteiger partial charge in [0.1, 0.15) is 5.69 Å². The fourth-order valence-electron chi connectivity index (χ4n) is 3.12. The molecule has 198 valence electrons. The average Bonchev–Trinajstić information content (AvgIpc) is 2.68. The van der Waals surface area contributed by atoms with Gasteiger partial charge < -0.3 is 15.3 Å². The summed E-state index contributed by atoms with van der Waals surface area (Å²) in [5.74, 6) is -1.01. The highest BCUT2D eigenvalue weighted by atomic mass is 32.2. The fraction of sp³-hybridized carbons (Fsp3) is 0.588. The molecule has 1 amide bonds. The third-order valence-corrected chi connectivity index (χ3v) is 5.58. The highest BCUT2D eigenvalue weighted by Gasteiger charge is 2.41. The highest BCUT2D eigenvalue weighted by molar-refractivity contribution is 7.86. The third kappa shape index (κ3) is 9.68. The predicted octanol–water partition coefficient (Wildman–Crippen LogP) is -0.482. The van der Waals surface area contributed by atoms with E-state index >= 15 is 0 Å². The number of aliphatic hydroxyl groups excluding tert-OH is 1. The molecule has 0 saturated carbocycles. The molecule has 0 radical (unpaired) electrons. The number of benzene rings is 1. The number of nitrogens with one attached hydrogen (secondary N) is 1. The number of nitro groups is 2. The fourth-order valence-corrected chi connectivity index (χ4v) is 4.57. The number of nitro benzene ring substituents is 2. The molecule has 18 heteroatoms. The summed E-state index contributed by atoms with van der Waals surface area (Å²) < 4.78 is 56.7. The van der Waals surface area contributed by atoms with E-state index in [0.29, 0.717) is 12.3 Å². The lowest BCUT2D eigenvalue weighted by molar-refractivity contribution is -0.393. The van der Waals surface area contributed by atoms with Gasteiger partial charge in [0.2, 0.25) is 0 Å². The number of non-ortho nitro benzene ring substituents is 1. The minimum Gasteiger partial charge on any atom is -0.395 e. The molecule has 0 aliphatic carbocycles. The SMILES string of the molecule is CC(CN(CC(C)(OS(C)(=O)=O)C(=O)NCCO)c1ccc([N+](=O)[O-])cc1[N+](=O)[O-])OS(C)(=O)=O. The van der Waals surface area contributed by atoms with Crippen molar-refractivity contribution >= 4 is 43.2 Å². The van der Waals surface area contributed by atoms with Crippen LogP contribution in [0.15, 0.2) is 18.2 Å². The minimum atomic E-state index is -4.28. The topological polar surface area (TPSA) is 226 Å². The van der Waals surface area contributed by atoms with Crippen molar-refractivity contribution in [3.05, 3.63) is 38.4 Å². The van der Waals surface area contributed by atoms with Crippen LogP contribution in [0.2, 0.25) is 0 Å². The van der Waals surface area contributed by atoms with Gasteiger partial charge in [-0.05, 0) is 19.9 Å². The number of hydrogen-bond donors (Lipinski definition) is 2. The van der Waals surface area contributed by atoms with Gasteiger partial charge in [-0.1, -0.05) is 0 Å². The first-order chi connectivity index (χ1) is 15.9. The van der Waals surface area contributed by atoms with E-state index in [1.807, 2.05) is 0 Å². The van der Waals surface area contributed by atoms with E-state index in [9.17, 15) is 41.9 Å². The monoisotopic (exact) mass is 542 g/mol. The molecule has 16 nitrogen and oxygen atoms in total. The molecule has 0 aliphatic rings. The van der Waals surface area contributed by atoms with Gasteiger partial charge in [0.25, 0.3) is 37.5 Å². The van der Waals surface area contributed by atoms with Gasteiger partial charge in [0.05, 0.1) is 47.7 Å². The molecule has 35 heavy (non-hydrogen) atoms. The molecular weight excluding hydrogens is 516 g/mol. The lowest BCUT2D eigenvalue weighted by atomic mass is 10.0. The van der Waals surface area contributed by atoms with E-state index in [4.69, 9.17) is 13.5 Å². The maximum Gasteiger partial charge on any atom is 0.299 e. The van der Waals surface area contributed by atoms with Crippen LogP contribution >= 0.6 is 0 Å². The van der Waals surface area contributed by atoms with Gasteiger partial charge >= 0.3 is 0 Å². The normalized spacial score (nSPS) is 14.5. The highest BCUT2D eigenvalue weighted by Crippen LogP contribution is 2.34. The lowest BCUT2D eigenvalue weighted by Crippen LogP contribution is -2.56. The van der Waals surface area contributed by atoms with E-state index in [-0.39, 0.29) is 12.2 Å². The molecule has 1 aromatic carbocycles. The zero-order chi connectivity index (χ0) is 27.2. The number of nitrogens with zero attached hydrogens (tertiary/aromatic N) is 3. The van der Waals surface area contributed by atoms with E-state index in [1.165, 1.54) is 6.92 Å². The summed E-state index contributed by atoms with van der Waals surface area (Å²) in [6, 6.07) is 2.60. The van der Waals surface area contributed by atoms with Crippen LogP contribution in [0.5, 0.6) is 0 Å². The number of hydrogen-bond acceptors (Lipinski definition) is 13. The Kier molecular flexibility index (Phi) is 10.0. The van der Waals surface area contributed by atoms with Gasteiger partial charge in [-0.2, -0.15) is 16.8 Å². The van der Waals surface area contributed by atoms with Crippen LogP contribution in [0.4, 0.5) is 17.1 Å². The van der Waals surface area contributed by atoms with Gasteiger partial charge in [-0.3, -0.25) is 33.4 Å². The van der Waals surface area contributed by atoms with E-state index in [1.54, 1.807) is 0 Å².